The second-order valence-corrected chi connectivity index (χ2v) is 10.7. The van der Waals surface area contributed by atoms with Gasteiger partial charge in [-0.05, 0) is 86.9 Å². The number of rotatable bonds is 7. The van der Waals surface area contributed by atoms with Crippen LogP contribution in [-0.4, -0.2) is 45.5 Å². The molecule has 1 aliphatic heterocycles. The van der Waals surface area contributed by atoms with Crippen LogP contribution in [-0.2, 0) is 10.0 Å². The minimum absolute atomic E-state index is 0.0170. The highest BCUT2D eigenvalue weighted by molar-refractivity contribution is 7.92. The molecule has 2 aliphatic rings. The summed E-state index contributed by atoms with van der Waals surface area (Å²) in [5, 5.41) is 0. The molecule has 0 bridgehead atoms. The predicted molar refractivity (Wildman–Crippen MR) is 127 cm³/mol. The lowest BCUT2D eigenvalue weighted by atomic mass is 9.98. The predicted octanol–water partition coefficient (Wildman–Crippen LogP) is 4.69. The molecule has 33 heavy (non-hydrogen) atoms. The fraction of sp³-hybridized carbons (Fsp3) is 0.480. The van der Waals surface area contributed by atoms with Gasteiger partial charge in [0.05, 0.1) is 23.7 Å². The molecule has 1 saturated heterocycles. The van der Waals surface area contributed by atoms with Crippen LogP contribution in [0.1, 0.15) is 55.8 Å². The number of carbonyl (C=O) groups excluding carboxylic acids is 1. The minimum atomic E-state index is -3.89. The Morgan fingerprint density at radius 1 is 1.00 bits per heavy atom. The maximum absolute atomic E-state index is 13.1. The Morgan fingerprint density at radius 2 is 1.67 bits per heavy atom. The van der Waals surface area contributed by atoms with Crippen molar-refractivity contribution in [3.8, 4) is 11.5 Å². The number of likely N-dealkylation sites (tertiary alicyclic amines) is 1. The average molecular weight is 473 g/mol. The van der Waals surface area contributed by atoms with Crippen LogP contribution in [0.5, 0.6) is 11.5 Å². The Bertz CT molecular complexity index is 1070. The van der Waals surface area contributed by atoms with E-state index >= 15 is 0 Å². The summed E-state index contributed by atoms with van der Waals surface area (Å²) in [6.07, 6.45) is 6.61. The van der Waals surface area contributed by atoms with Crippen molar-refractivity contribution >= 4 is 21.6 Å². The summed E-state index contributed by atoms with van der Waals surface area (Å²) >= 11 is 0. The summed E-state index contributed by atoms with van der Waals surface area (Å²) in [4.78, 5) is 14.9. The number of carbonyl (C=O) groups is 1. The van der Waals surface area contributed by atoms with Gasteiger partial charge < -0.3 is 14.4 Å². The van der Waals surface area contributed by atoms with Crippen LogP contribution in [0.15, 0.2) is 47.4 Å². The molecule has 1 N–H and O–H groups in total. The van der Waals surface area contributed by atoms with Gasteiger partial charge in [-0.25, -0.2) is 8.42 Å². The molecule has 1 heterocycles. The van der Waals surface area contributed by atoms with Crippen LogP contribution in [0.4, 0.5) is 5.69 Å². The molecule has 2 fully saturated rings. The van der Waals surface area contributed by atoms with Crippen LogP contribution in [0.2, 0.25) is 0 Å². The highest BCUT2D eigenvalue weighted by Gasteiger charge is 2.26. The summed E-state index contributed by atoms with van der Waals surface area (Å²) in [5.41, 5.74) is 0.692. The number of nitrogens with one attached hydrogen (secondary N) is 1. The number of hydrogen-bond donors (Lipinski definition) is 1. The number of benzene rings is 2. The van der Waals surface area contributed by atoms with Crippen molar-refractivity contribution in [3.05, 3.63) is 48.0 Å². The summed E-state index contributed by atoms with van der Waals surface area (Å²) in [6, 6.07) is 11.3. The van der Waals surface area contributed by atoms with Crippen LogP contribution >= 0.6 is 0 Å². The van der Waals surface area contributed by atoms with E-state index in [1.807, 2.05) is 0 Å². The zero-order chi connectivity index (χ0) is 23.4. The topological polar surface area (TPSA) is 84.9 Å². The largest absolute Gasteiger partial charge is 0.496 e. The van der Waals surface area contributed by atoms with Gasteiger partial charge in [-0.3, -0.25) is 9.52 Å². The molecular weight excluding hydrogens is 440 g/mol. The Hall–Kier alpha value is -2.74. The van der Waals surface area contributed by atoms with Gasteiger partial charge in [-0.1, -0.05) is 6.92 Å². The molecule has 1 saturated carbocycles. The van der Waals surface area contributed by atoms with E-state index < -0.39 is 10.0 Å². The van der Waals surface area contributed by atoms with E-state index in [0.717, 1.165) is 31.4 Å². The molecule has 0 radical (unpaired) electrons. The van der Waals surface area contributed by atoms with E-state index in [2.05, 4.69) is 11.6 Å². The van der Waals surface area contributed by atoms with E-state index in [1.54, 1.807) is 29.2 Å². The summed E-state index contributed by atoms with van der Waals surface area (Å²) in [6.45, 7) is 3.50. The van der Waals surface area contributed by atoms with Crippen molar-refractivity contribution in [3.63, 3.8) is 0 Å². The first-order valence-electron chi connectivity index (χ1n) is 11.6. The average Bonchev–Trinajstić information content (AvgIpc) is 3.33. The molecule has 1 amide bonds. The maximum Gasteiger partial charge on any atom is 0.261 e. The van der Waals surface area contributed by atoms with Gasteiger partial charge in [0, 0.05) is 18.8 Å². The number of anilines is 1. The van der Waals surface area contributed by atoms with Crippen molar-refractivity contribution in [1.29, 1.82) is 0 Å². The van der Waals surface area contributed by atoms with Crippen molar-refractivity contribution in [2.75, 3.05) is 24.9 Å². The van der Waals surface area contributed by atoms with Crippen molar-refractivity contribution in [2.45, 2.75) is 56.4 Å². The first-order valence-corrected chi connectivity index (χ1v) is 13.1. The van der Waals surface area contributed by atoms with E-state index in [9.17, 15) is 13.2 Å². The van der Waals surface area contributed by atoms with Gasteiger partial charge in [0.2, 0.25) is 0 Å². The van der Waals surface area contributed by atoms with Gasteiger partial charge in [0.1, 0.15) is 11.5 Å². The first kappa shape index (κ1) is 23.4. The molecule has 2 aromatic rings. The molecule has 7 nitrogen and oxygen atoms in total. The Balaban J connectivity index is 1.50. The lowest BCUT2D eigenvalue weighted by Crippen LogP contribution is -2.38. The third-order valence-electron chi connectivity index (χ3n) is 6.49. The SMILES string of the molecule is COc1ccc(S(=O)(=O)Nc2ccc(OC3CCCC3)cc2)cc1C(=O)N1CCC(C)CC1. The third-order valence-corrected chi connectivity index (χ3v) is 7.87. The monoisotopic (exact) mass is 472 g/mol. The zero-order valence-electron chi connectivity index (χ0n) is 19.2. The third kappa shape index (κ3) is 5.61. The van der Waals surface area contributed by atoms with Gasteiger partial charge in [0.25, 0.3) is 15.9 Å². The molecule has 0 spiro atoms. The Morgan fingerprint density at radius 3 is 2.30 bits per heavy atom. The van der Waals surface area contributed by atoms with Gasteiger partial charge in [0.15, 0.2) is 0 Å². The van der Waals surface area contributed by atoms with E-state index in [4.69, 9.17) is 9.47 Å². The summed E-state index contributed by atoms with van der Waals surface area (Å²) in [5.74, 6) is 1.48. The number of amides is 1. The summed E-state index contributed by atoms with van der Waals surface area (Å²) in [7, 11) is -2.41. The van der Waals surface area contributed by atoms with Crippen molar-refractivity contribution in [1.82, 2.24) is 4.90 Å². The maximum atomic E-state index is 13.1. The van der Waals surface area contributed by atoms with E-state index in [-0.39, 0.29) is 22.5 Å². The standard InChI is InChI=1S/C25H32N2O5S/c1-18-13-15-27(16-14-18)25(28)23-17-22(11-12-24(23)31-2)33(29,30)26-19-7-9-21(10-8-19)32-20-5-3-4-6-20/h7-12,17-18,20,26H,3-6,13-16H2,1-2H3. The number of sulfonamides is 1. The molecule has 0 aromatic heterocycles. The zero-order valence-corrected chi connectivity index (χ0v) is 20.1. The van der Waals surface area contributed by atoms with E-state index in [1.165, 1.54) is 38.2 Å². The van der Waals surface area contributed by atoms with Gasteiger partial charge in [-0.2, -0.15) is 0 Å². The minimum Gasteiger partial charge on any atom is -0.496 e. The number of ether oxygens (including phenoxy) is 2. The molecular formula is C25H32N2O5S. The number of nitrogens with zero attached hydrogens (tertiary/aromatic N) is 1. The number of piperidine rings is 1. The lowest BCUT2D eigenvalue weighted by Gasteiger charge is -2.30. The Kier molecular flexibility index (Phi) is 7.12. The lowest BCUT2D eigenvalue weighted by molar-refractivity contribution is 0.0693. The molecule has 2 aromatic carbocycles. The number of hydrogen-bond acceptors (Lipinski definition) is 5. The highest BCUT2D eigenvalue weighted by Crippen LogP contribution is 2.28. The second kappa shape index (κ2) is 10.0. The van der Waals surface area contributed by atoms with Crippen LogP contribution in [0.25, 0.3) is 0 Å². The van der Waals surface area contributed by atoms with E-state index in [0.29, 0.717) is 30.4 Å². The fourth-order valence-electron chi connectivity index (χ4n) is 4.42. The van der Waals surface area contributed by atoms with Crippen LogP contribution < -0.4 is 14.2 Å². The van der Waals surface area contributed by atoms with Crippen LogP contribution in [0.3, 0.4) is 0 Å². The number of methoxy groups -OCH3 is 1. The first-order chi connectivity index (χ1) is 15.9. The van der Waals surface area contributed by atoms with Crippen molar-refractivity contribution in [2.24, 2.45) is 5.92 Å². The molecule has 0 atom stereocenters. The van der Waals surface area contributed by atoms with Crippen molar-refractivity contribution < 1.29 is 22.7 Å². The normalized spacial score (nSPS) is 17.7. The Labute approximate surface area is 196 Å². The smallest absolute Gasteiger partial charge is 0.261 e. The molecule has 4 rings (SSSR count). The molecule has 0 unspecified atom stereocenters. The van der Waals surface area contributed by atoms with Crippen LogP contribution in [0, 0.1) is 5.92 Å². The molecule has 8 heteroatoms. The second-order valence-electron chi connectivity index (χ2n) is 8.99. The van der Waals surface area contributed by atoms with Gasteiger partial charge in [-0.15, -0.1) is 0 Å². The highest BCUT2D eigenvalue weighted by atomic mass is 32.2. The molecule has 178 valence electrons. The summed E-state index contributed by atoms with van der Waals surface area (Å²) < 4.78 is 40.0. The quantitative estimate of drug-likeness (QED) is 0.632. The van der Waals surface area contributed by atoms with Gasteiger partial charge >= 0.3 is 0 Å². The molecule has 1 aliphatic carbocycles. The fourth-order valence-corrected chi connectivity index (χ4v) is 5.50.